The van der Waals surface area contributed by atoms with Crippen molar-refractivity contribution >= 4 is 23.0 Å². The molecule has 1 aliphatic heterocycles. The summed E-state index contributed by atoms with van der Waals surface area (Å²) >= 11 is 5.99. The fraction of sp³-hybridized carbons (Fsp3) is 0.176. The van der Waals surface area contributed by atoms with Gasteiger partial charge >= 0.3 is 0 Å². The standard InChI is InChI=1S/C34H32N4O2S/c1-22-23(2)37(25-10-6-5-7-11-25)24(3)31(22)33-32(30-12-8-9-21-35-30)36-34(41)38(33)26-13-15-28(16-14-26)40-29-19-17-27(39-4)18-20-29/h5-21,32-33H,1-4H3,(H,36,41)/t32-,33-/m1/s1. The number of benzene rings is 3. The quantitative estimate of drug-likeness (QED) is 0.205. The van der Waals surface area contributed by atoms with Gasteiger partial charge in [-0.25, -0.2) is 0 Å². The van der Waals surface area contributed by atoms with Crippen LogP contribution in [0.3, 0.4) is 0 Å². The number of methoxy groups -OCH3 is 1. The van der Waals surface area contributed by atoms with Gasteiger partial charge in [0.2, 0.25) is 0 Å². The number of thiocarbonyl (C=S) groups is 1. The minimum atomic E-state index is -0.123. The van der Waals surface area contributed by atoms with Gasteiger partial charge in [0.25, 0.3) is 0 Å². The van der Waals surface area contributed by atoms with Crippen LogP contribution in [0.4, 0.5) is 5.69 Å². The van der Waals surface area contributed by atoms with E-state index < -0.39 is 0 Å². The average Bonchev–Trinajstić information content (AvgIpc) is 3.46. The van der Waals surface area contributed by atoms with Gasteiger partial charge in [-0.05, 0) is 111 Å². The Hall–Kier alpha value is -4.62. The number of ether oxygens (including phenoxy) is 2. The molecule has 0 radical (unpaired) electrons. The monoisotopic (exact) mass is 560 g/mol. The van der Waals surface area contributed by atoms with Crippen LogP contribution in [0, 0.1) is 20.8 Å². The molecule has 0 bridgehead atoms. The molecule has 1 N–H and O–H groups in total. The van der Waals surface area contributed by atoms with Crippen molar-refractivity contribution in [1.29, 1.82) is 0 Å². The SMILES string of the molecule is COc1ccc(Oc2ccc(N3C(=S)N[C@H](c4ccccn4)[C@H]3c3c(C)c(C)n(-c4ccccc4)c3C)cc2)cc1. The van der Waals surface area contributed by atoms with Crippen LogP contribution in [-0.4, -0.2) is 21.8 Å². The van der Waals surface area contributed by atoms with Crippen LogP contribution in [0.2, 0.25) is 0 Å². The minimum absolute atomic E-state index is 0.102. The third-order valence-corrected chi connectivity index (χ3v) is 8.14. The Balaban J connectivity index is 1.41. The number of anilines is 1. The highest BCUT2D eigenvalue weighted by Gasteiger charge is 2.43. The molecule has 5 aromatic rings. The van der Waals surface area contributed by atoms with E-state index in [1.54, 1.807) is 7.11 Å². The minimum Gasteiger partial charge on any atom is -0.497 e. The molecule has 2 atom stereocenters. The van der Waals surface area contributed by atoms with Crippen LogP contribution in [0.1, 0.15) is 40.3 Å². The molecule has 3 heterocycles. The Morgan fingerprint density at radius 3 is 2.00 bits per heavy atom. The Morgan fingerprint density at radius 1 is 0.732 bits per heavy atom. The van der Waals surface area contributed by atoms with E-state index in [0.717, 1.165) is 34.3 Å². The van der Waals surface area contributed by atoms with E-state index in [1.165, 1.54) is 22.5 Å². The van der Waals surface area contributed by atoms with E-state index in [-0.39, 0.29) is 12.1 Å². The summed E-state index contributed by atoms with van der Waals surface area (Å²) in [6.07, 6.45) is 1.84. The van der Waals surface area contributed by atoms with Crippen LogP contribution in [0.15, 0.2) is 103 Å². The lowest BCUT2D eigenvalue weighted by molar-refractivity contribution is 0.413. The second-order valence-corrected chi connectivity index (χ2v) is 10.5. The first-order chi connectivity index (χ1) is 20.0. The van der Waals surface area contributed by atoms with Gasteiger partial charge in [-0.2, -0.15) is 0 Å². The smallest absolute Gasteiger partial charge is 0.174 e. The molecular weight excluding hydrogens is 528 g/mol. The number of pyridine rings is 1. The molecule has 0 saturated carbocycles. The molecule has 2 aromatic heterocycles. The lowest BCUT2D eigenvalue weighted by atomic mass is 9.93. The number of hydrogen-bond donors (Lipinski definition) is 1. The van der Waals surface area contributed by atoms with Crippen LogP contribution in [-0.2, 0) is 0 Å². The number of rotatable bonds is 7. The van der Waals surface area contributed by atoms with E-state index in [2.05, 4.69) is 78.0 Å². The molecule has 3 aromatic carbocycles. The first-order valence-electron chi connectivity index (χ1n) is 13.6. The Morgan fingerprint density at radius 2 is 1.37 bits per heavy atom. The van der Waals surface area contributed by atoms with Crippen molar-refractivity contribution in [1.82, 2.24) is 14.9 Å². The second kappa shape index (κ2) is 11.1. The van der Waals surface area contributed by atoms with Gasteiger partial charge in [-0.15, -0.1) is 0 Å². The predicted octanol–water partition coefficient (Wildman–Crippen LogP) is 7.78. The Bertz CT molecular complexity index is 1670. The van der Waals surface area contributed by atoms with Crippen molar-refractivity contribution in [3.63, 3.8) is 0 Å². The van der Waals surface area contributed by atoms with Gasteiger partial charge in [-0.3, -0.25) is 4.98 Å². The van der Waals surface area contributed by atoms with Gasteiger partial charge in [0.05, 0.1) is 24.9 Å². The lowest BCUT2D eigenvalue weighted by Crippen LogP contribution is -2.29. The fourth-order valence-corrected chi connectivity index (χ4v) is 6.13. The van der Waals surface area contributed by atoms with Crippen molar-refractivity contribution < 1.29 is 9.47 Å². The molecule has 6 rings (SSSR count). The highest BCUT2D eigenvalue weighted by molar-refractivity contribution is 7.80. The van der Waals surface area contributed by atoms with E-state index in [9.17, 15) is 0 Å². The van der Waals surface area contributed by atoms with E-state index in [4.69, 9.17) is 26.7 Å². The van der Waals surface area contributed by atoms with Crippen molar-refractivity contribution in [2.45, 2.75) is 32.9 Å². The average molecular weight is 561 g/mol. The normalized spacial score (nSPS) is 16.5. The van der Waals surface area contributed by atoms with Crippen LogP contribution in [0.25, 0.3) is 5.69 Å². The molecular formula is C34H32N4O2S. The van der Waals surface area contributed by atoms with Gasteiger partial charge in [0, 0.05) is 34.5 Å². The Labute approximate surface area is 246 Å². The molecule has 1 aliphatic rings. The summed E-state index contributed by atoms with van der Waals surface area (Å²) in [5.74, 6) is 2.28. The van der Waals surface area contributed by atoms with Crippen molar-refractivity contribution in [2.75, 3.05) is 12.0 Å². The van der Waals surface area contributed by atoms with Crippen LogP contribution >= 0.6 is 12.2 Å². The van der Waals surface area contributed by atoms with Crippen molar-refractivity contribution in [3.8, 4) is 22.9 Å². The molecule has 1 fully saturated rings. The number of nitrogens with zero attached hydrogens (tertiary/aromatic N) is 3. The van der Waals surface area contributed by atoms with Crippen LogP contribution < -0.4 is 19.7 Å². The summed E-state index contributed by atoms with van der Waals surface area (Å²) in [6, 6.07) is 31.9. The molecule has 206 valence electrons. The molecule has 1 saturated heterocycles. The van der Waals surface area contributed by atoms with Gasteiger partial charge < -0.3 is 24.3 Å². The van der Waals surface area contributed by atoms with Crippen LogP contribution in [0.5, 0.6) is 17.2 Å². The number of aromatic nitrogens is 2. The Kier molecular flexibility index (Phi) is 7.20. The molecule has 0 unspecified atom stereocenters. The first kappa shape index (κ1) is 26.6. The van der Waals surface area contributed by atoms with E-state index in [0.29, 0.717) is 5.11 Å². The number of nitrogens with one attached hydrogen (secondary N) is 1. The van der Waals surface area contributed by atoms with Gasteiger partial charge in [0.15, 0.2) is 5.11 Å². The number of para-hydroxylation sites is 1. The topological polar surface area (TPSA) is 51.6 Å². The van der Waals surface area contributed by atoms with Gasteiger partial charge in [0.1, 0.15) is 17.2 Å². The maximum atomic E-state index is 6.09. The maximum Gasteiger partial charge on any atom is 0.174 e. The van der Waals surface area contributed by atoms with E-state index in [1.807, 2.05) is 60.8 Å². The highest BCUT2D eigenvalue weighted by atomic mass is 32.1. The maximum absolute atomic E-state index is 6.09. The summed E-state index contributed by atoms with van der Waals surface area (Å²) in [5.41, 5.74) is 7.97. The molecule has 0 aliphatic carbocycles. The molecule has 0 spiro atoms. The highest BCUT2D eigenvalue weighted by Crippen LogP contribution is 2.45. The van der Waals surface area contributed by atoms with Crippen molar-refractivity contribution in [3.05, 3.63) is 131 Å². The summed E-state index contributed by atoms with van der Waals surface area (Å²) < 4.78 is 13.7. The summed E-state index contributed by atoms with van der Waals surface area (Å²) in [7, 11) is 1.65. The summed E-state index contributed by atoms with van der Waals surface area (Å²) in [5, 5.41) is 4.26. The van der Waals surface area contributed by atoms with Gasteiger partial charge in [-0.1, -0.05) is 24.3 Å². The second-order valence-electron chi connectivity index (χ2n) is 10.1. The zero-order chi connectivity index (χ0) is 28.5. The molecule has 0 amide bonds. The molecule has 6 nitrogen and oxygen atoms in total. The molecule has 7 heteroatoms. The fourth-order valence-electron chi connectivity index (χ4n) is 5.79. The van der Waals surface area contributed by atoms with E-state index >= 15 is 0 Å². The van der Waals surface area contributed by atoms with Crippen molar-refractivity contribution in [2.24, 2.45) is 0 Å². The predicted molar refractivity (Wildman–Crippen MR) is 167 cm³/mol. The zero-order valence-corrected chi connectivity index (χ0v) is 24.4. The third-order valence-electron chi connectivity index (χ3n) is 7.83. The summed E-state index contributed by atoms with van der Waals surface area (Å²) in [4.78, 5) is 6.95. The third kappa shape index (κ3) is 4.93. The largest absolute Gasteiger partial charge is 0.497 e. The first-order valence-corrected chi connectivity index (χ1v) is 14.0. The number of hydrogen-bond acceptors (Lipinski definition) is 4. The molecule has 41 heavy (non-hydrogen) atoms. The lowest BCUT2D eigenvalue weighted by Gasteiger charge is -2.29. The summed E-state index contributed by atoms with van der Waals surface area (Å²) in [6.45, 7) is 6.59. The zero-order valence-electron chi connectivity index (χ0n) is 23.5.